The number of aliphatic hydroxyl groups excluding tert-OH is 1. The molecule has 0 bridgehead atoms. The molecule has 0 aromatic heterocycles. The number of hydrogen-bond acceptors (Lipinski definition) is 3. The summed E-state index contributed by atoms with van der Waals surface area (Å²) in [5, 5.41) is 10.4. The highest BCUT2D eigenvalue weighted by molar-refractivity contribution is 6.08. The molecule has 2 aromatic rings. The normalized spacial score (nSPS) is 17.3. The zero-order chi connectivity index (χ0) is 19.2. The number of aliphatic hydroxyl groups is 1. The van der Waals surface area contributed by atoms with E-state index in [9.17, 15) is 23.1 Å². The second-order valence-corrected chi connectivity index (χ2v) is 6.89. The van der Waals surface area contributed by atoms with Crippen molar-refractivity contribution >= 4 is 24.0 Å². The Balaban J connectivity index is 0.00000261. The summed E-state index contributed by atoms with van der Waals surface area (Å²) in [7, 11) is 0. The first-order valence-electron chi connectivity index (χ1n) is 8.15. The van der Waals surface area contributed by atoms with Gasteiger partial charge in [-0.1, -0.05) is 12.1 Å². The van der Waals surface area contributed by atoms with E-state index in [2.05, 4.69) is 0 Å². The average Bonchev–Trinajstić information content (AvgIpc) is 2.76. The fraction of sp³-hybridized carbons (Fsp3) is 0.316. The van der Waals surface area contributed by atoms with Gasteiger partial charge in [0.2, 0.25) is 5.91 Å². The first-order chi connectivity index (χ1) is 12.2. The minimum Gasteiger partial charge on any atom is -0.389 e. The Hall–Kier alpha value is -2.09. The minimum absolute atomic E-state index is 0. The Morgan fingerprint density at radius 1 is 1.15 bits per heavy atom. The Morgan fingerprint density at radius 3 is 2.30 bits per heavy atom. The highest BCUT2D eigenvalue weighted by atomic mass is 35.5. The molecule has 1 aliphatic heterocycles. The second kappa shape index (κ2) is 7.50. The molecule has 3 N–H and O–H groups in total. The Kier molecular flexibility index (Phi) is 5.89. The number of nitrogens with two attached hydrogens (primary N) is 1. The van der Waals surface area contributed by atoms with Gasteiger partial charge in [-0.05, 0) is 43.2 Å². The first-order valence-corrected chi connectivity index (χ1v) is 8.15. The topological polar surface area (TPSA) is 66.6 Å². The summed E-state index contributed by atoms with van der Waals surface area (Å²) in [5.41, 5.74) is 4.93. The van der Waals surface area contributed by atoms with Crippen molar-refractivity contribution in [3.63, 3.8) is 0 Å². The van der Waals surface area contributed by atoms with Crippen molar-refractivity contribution in [3.05, 3.63) is 65.0 Å². The molecule has 0 unspecified atom stereocenters. The molecule has 27 heavy (non-hydrogen) atoms. The molecule has 0 radical (unpaired) electrons. The van der Waals surface area contributed by atoms with Gasteiger partial charge in [-0.25, -0.2) is 13.2 Å². The lowest BCUT2D eigenvalue weighted by molar-refractivity contribution is -0.123. The molecular weight excluding hydrogens is 381 g/mol. The van der Waals surface area contributed by atoms with E-state index in [0.717, 1.165) is 17.0 Å². The van der Waals surface area contributed by atoms with Crippen molar-refractivity contribution in [1.82, 2.24) is 0 Å². The summed E-state index contributed by atoms with van der Waals surface area (Å²) >= 11 is 0. The first kappa shape index (κ1) is 21.2. The molecule has 1 amide bonds. The molecule has 4 nitrogen and oxygen atoms in total. The molecule has 0 saturated heterocycles. The third kappa shape index (κ3) is 3.42. The summed E-state index contributed by atoms with van der Waals surface area (Å²) in [4.78, 5) is 14.1. The fourth-order valence-electron chi connectivity index (χ4n) is 3.47. The van der Waals surface area contributed by atoms with Gasteiger partial charge in [-0.2, -0.15) is 0 Å². The predicted molar refractivity (Wildman–Crippen MR) is 98.3 cm³/mol. The Labute approximate surface area is 161 Å². The maximum Gasteiger partial charge on any atom is 0.237 e. The zero-order valence-corrected chi connectivity index (χ0v) is 15.6. The second-order valence-electron chi connectivity index (χ2n) is 6.89. The van der Waals surface area contributed by atoms with Gasteiger partial charge in [0.25, 0.3) is 0 Å². The minimum atomic E-state index is -1.35. The average molecular weight is 401 g/mol. The third-order valence-electron chi connectivity index (χ3n) is 4.77. The molecule has 0 spiro atoms. The number of amides is 1. The number of nitrogens with zero attached hydrogens (tertiary/aromatic N) is 1. The lowest BCUT2D eigenvalue weighted by atomic mass is 9.86. The van der Waals surface area contributed by atoms with E-state index < -0.39 is 40.9 Å². The van der Waals surface area contributed by atoms with Crippen LogP contribution in [0, 0.1) is 17.5 Å². The molecule has 0 aliphatic carbocycles. The van der Waals surface area contributed by atoms with Crippen LogP contribution in [0.2, 0.25) is 0 Å². The van der Waals surface area contributed by atoms with Crippen molar-refractivity contribution in [2.24, 2.45) is 5.73 Å². The fourth-order valence-corrected chi connectivity index (χ4v) is 3.47. The van der Waals surface area contributed by atoms with Crippen LogP contribution in [0.5, 0.6) is 0 Å². The van der Waals surface area contributed by atoms with Crippen LogP contribution in [0.25, 0.3) is 0 Å². The van der Waals surface area contributed by atoms with E-state index in [1.807, 2.05) is 0 Å². The van der Waals surface area contributed by atoms with Gasteiger partial charge in [0, 0.05) is 12.6 Å². The van der Waals surface area contributed by atoms with Crippen molar-refractivity contribution in [2.75, 3.05) is 11.4 Å². The molecule has 1 heterocycles. The number of carbonyl (C=O) groups excluding carboxylic acids is 1. The molecule has 0 saturated carbocycles. The van der Waals surface area contributed by atoms with Crippen molar-refractivity contribution in [3.8, 4) is 0 Å². The van der Waals surface area contributed by atoms with E-state index in [1.54, 1.807) is 19.9 Å². The van der Waals surface area contributed by atoms with Crippen LogP contribution in [0.15, 0.2) is 36.4 Å². The van der Waals surface area contributed by atoms with Crippen LogP contribution in [0.1, 0.15) is 31.0 Å². The van der Waals surface area contributed by atoms with Gasteiger partial charge < -0.3 is 10.8 Å². The quantitative estimate of drug-likeness (QED) is 0.828. The molecule has 0 fully saturated rings. The lowest BCUT2D eigenvalue weighted by Gasteiger charge is -2.33. The summed E-state index contributed by atoms with van der Waals surface area (Å²) < 4.78 is 42.1. The van der Waals surface area contributed by atoms with Crippen LogP contribution >= 0.6 is 12.4 Å². The molecule has 1 aliphatic rings. The molecule has 2 aromatic carbocycles. The summed E-state index contributed by atoms with van der Waals surface area (Å²) in [6, 6.07) is 5.77. The SMILES string of the molecule is CC1(C)C(=O)N([C@@H](c2cc(F)cc(F)c2)[C@H](O)CN)c2c(F)cccc21.Cl. The molecule has 2 atom stereocenters. The maximum absolute atomic E-state index is 14.6. The van der Waals surface area contributed by atoms with E-state index in [-0.39, 0.29) is 30.2 Å². The maximum atomic E-state index is 14.6. The Morgan fingerprint density at radius 2 is 1.74 bits per heavy atom. The van der Waals surface area contributed by atoms with Crippen molar-refractivity contribution in [2.45, 2.75) is 31.4 Å². The number of benzene rings is 2. The molecule has 146 valence electrons. The third-order valence-corrected chi connectivity index (χ3v) is 4.77. The van der Waals surface area contributed by atoms with Gasteiger partial charge in [0.15, 0.2) is 0 Å². The van der Waals surface area contributed by atoms with Crippen molar-refractivity contribution in [1.29, 1.82) is 0 Å². The number of rotatable bonds is 4. The number of anilines is 1. The van der Waals surface area contributed by atoms with Crippen LogP contribution in [0.4, 0.5) is 18.9 Å². The molecular formula is C19H20ClF3N2O2. The van der Waals surface area contributed by atoms with E-state index >= 15 is 0 Å². The van der Waals surface area contributed by atoms with Crippen LogP contribution in [-0.4, -0.2) is 23.7 Å². The van der Waals surface area contributed by atoms with Gasteiger partial charge in [0.05, 0.1) is 23.2 Å². The number of carbonyl (C=O) groups is 1. The zero-order valence-electron chi connectivity index (χ0n) is 14.7. The highest BCUT2D eigenvalue weighted by Crippen LogP contribution is 2.47. The summed E-state index contributed by atoms with van der Waals surface area (Å²) in [5.74, 6) is -2.88. The highest BCUT2D eigenvalue weighted by Gasteiger charge is 2.49. The largest absolute Gasteiger partial charge is 0.389 e. The molecule has 8 heteroatoms. The monoisotopic (exact) mass is 400 g/mol. The van der Waals surface area contributed by atoms with E-state index in [0.29, 0.717) is 11.6 Å². The van der Waals surface area contributed by atoms with E-state index in [1.165, 1.54) is 12.1 Å². The van der Waals surface area contributed by atoms with Gasteiger partial charge in [-0.3, -0.25) is 9.69 Å². The standard InChI is InChI=1S/C19H19F3N2O2.ClH/c1-19(2)13-4-3-5-14(22)17(13)24(18(19)26)16(15(25)9-23)10-6-11(20)8-12(21)7-10;/h3-8,15-16,25H,9,23H2,1-2H3;1H/t15-,16+;/m1./s1. The predicted octanol–water partition coefficient (Wildman–Crippen LogP) is 3.21. The molecule has 3 rings (SSSR count). The smallest absolute Gasteiger partial charge is 0.237 e. The lowest BCUT2D eigenvalue weighted by Crippen LogP contribution is -2.45. The summed E-state index contributed by atoms with van der Waals surface area (Å²) in [6.07, 6.45) is -1.35. The van der Waals surface area contributed by atoms with Crippen molar-refractivity contribution < 1.29 is 23.1 Å². The van der Waals surface area contributed by atoms with E-state index in [4.69, 9.17) is 5.73 Å². The number of hydrogen-bond donors (Lipinski definition) is 2. The van der Waals surface area contributed by atoms with Crippen LogP contribution in [-0.2, 0) is 10.2 Å². The van der Waals surface area contributed by atoms with Gasteiger partial charge in [0.1, 0.15) is 17.5 Å². The van der Waals surface area contributed by atoms with Gasteiger partial charge in [-0.15, -0.1) is 12.4 Å². The Bertz CT molecular complexity index is 856. The summed E-state index contributed by atoms with van der Waals surface area (Å²) in [6.45, 7) is 2.98. The van der Waals surface area contributed by atoms with Gasteiger partial charge >= 0.3 is 0 Å². The number of halogens is 4. The number of fused-ring (bicyclic) bond motifs is 1. The van der Waals surface area contributed by atoms with Crippen LogP contribution in [0.3, 0.4) is 0 Å². The van der Waals surface area contributed by atoms with Crippen LogP contribution < -0.4 is 10.6 Å². The number of para-hydroxylation sites is 1.